The van der Waals surface area contributed by atoms with Crippen molar-refractivity contribution in [2.24, 2.45) is 0 Å². The maximum absolute atomic E-state index is 13.6. The number of aliphatic carboxylic acids is 2. The van der Waals surface area contributed by atoms with Gasteiger partial charge in [0.1, 0.15) is 23.9 Å². The van der Waals surface area contributed by atoms with E-state index in [0.717, 1.165) is 34.6 Å². The van der Waals surface area contributed by atoms with E-state index >= 15 is 0 Å². The van der Waals surface area contributed by atoms with Crippen LogP contribution in [0.15, 0.2) is 73.1 Å². The number of thiophene rings is 1. The fourth-order valence-electron chi connectivity index (χ4n) is 5.69. The number of aromatic nitrogens is 2. The zero-order valence-electron chi connectivity index (χ0n) is 32.6. The minimum atomic E-state index is -1.77. The molecule has 2 aromatic carbocycles. The first-order valence-corrected chi connectivity index (χ1v) is 19.7. The van der Waals surface area contributed by atoms with Crippen LogP contribution in [-0.2, 0) is 31.0 Å². The molecule has 0 aliphatic carbocycles. The largest absolute Gasteiger partial charge is 0.494 e. The molecule has 0 spiro atoms. The molecule has 2 heterocycles. The molecule has 2 aromatic heterocycles. The number of rotatable bonds is 21. The van der Waals surface area contributed by atoms with E-state index in [4.69, 9.17) is 9.84 Å². The molecular formula is C42H51N5O9S. The maximum atomic E-state index is 13.6. The third kappa shape index (κ3) is 13.5. The number of carbonyl (C=O) groups excluding carboxylic acids is 3. The average Bonchev–Trinajstić information content (AvgIpc) is 3.70. The van der Waals surface area contributed by atoms with Crippen molar-refractivity contribution in [3.8, 4) is 28.3 Å². The van der Waals surface area contributed by atoms with E-state index in [1.807, 2.05) is 56.4 Å². The fourth-order valence-corrected chi connectivity index (χ4v) is 6.66. The van der Waals surface area contributed by atoms with E-state index in [-0.39, 0.29) is 11.8 Å². The zero-order valence-corrected chi connectivity index (χ0v) is 33.4. The summed E-state index contributed by atoms with van der Waals surface area (Å²) < 4.78 is 5.88. The summed E-state index contributed by atoms with van der Waals surface area (Å²) >= 11 is 1.27. The van der Waals surface area contributed by atoms with Crippen molar-refractivity contribution in [1.82, 2.24) is 25.9 Å². The molecule has 0 saturated carbocycles. The van der Waals surface area contributed by atoms with Gasteiger partial charge in [-0.1, -0.05) is 89.8 Å². The summed E-state index contributed by atoms with van der Waals surface area (Å²) in [6, 6.07) is 13.6. The van der Waals surface area contributed by atoms with Crippen molar-refractivity contribution >= 4 is 41.0 Å². The van der Waals surface area contributed by atoms with Crippen LogP contribution in [0.1, 0.15) is 86.3 Å². The lowest BCUT2D eigenvalue weighted by Gasteiger charge is -2.22. The second-order valence-electron chi connectivity index (χ2n) is 14.7. The van der Waals surface area contributed by atoms with Crippen molar-refractivity contribution < 1.29 is 44.0 Å². The van der Waals surface area contributed by atoms with Gasteiger partial charge < -0.3 is 36.0 Å². The number of benzene rings is 2. The van der Waals surface area contributed by atoms with Gasteiger partial charge in [0.2, 0.25) is 11.8 Å². The van der Waals surface area contributed by atoms with E-state index < -0.39 is 60.8 Å². The van der Waals surface area contributed by atoms with Gasteiger partial charge in [0.15, 0.2) is 5.82 Å². The Morgan fingerprint density at radius 3 is 1.95 bits per heavy atom. The summed E-state index contributed by atoms with van der Waals surface area (Å²) in [6.45, 7) is 7.98. The molecule has 0 bridgehead atoms. The average molecular weight is 802 g/mol. The number of hydrogen-bond donors (Lipinski definition) is 6. The van der Waals surface area contributed by atoms with Crippen molar-refractivity contribution in [2.45, 2.75) is 96.2 Å². The number of hydrogen-bond acceptors (Lipinski definition) is 10. The highest BCUT2D eigenvalue weighted by Gasteiger charge is 2.31. The van der Waals surface area contributed by atoms with E-state index in [9.17, 15) is 34.2 Å². The normalized spacial score (nSPS) is 12.9. The molecule has 3 unspecified atom stereocenters. The van der Waals surface area contributed by atoms with Gasteiger partial charge in [-0.25, -0.2) is 19.6 Å². The molecule has 3 amide bonds. The third-order valence-electron chi connectivity index (χ3n) is 9.02. The Balaban J connectivity index is 1.46. The molecule has 15 heteroatoms. The van der Waals surface area contributed by atoms with Crippen LogP contribution in [0.3, 0.4) is 0 Å². The summed E-state index contributed by atoms with van der Waals surface area (Å²) in [5.74, 6) is -4.23. The number of amides is 3. The number of aliphatic hydroxyl groups is 1. The van der Waals surface area contributed by atoms with E-state index in [1.165, 1.54) is 30.6 Å². The van der Waals surface area contributed by atoms with Gasteiger partial charge in [0.05, 0.1) is 24.5 Å². The molecule has 0 aliphatic rings. The number of nitrogens with zero attached hydrogens (tertiary/aromatic N) is 2. The quantitative estimate of drug-likeness (QED) is 0.0588. The molecule has 0 aliphatic heterocycles. The van der Waals surface area contributed by atoms with Crippen LogP contribution in [0.25, 0.3) is 22.5 Å². The Morgan fingerprint density at radius 1 is 0.737 bits per heavy atom. The number of aliphatic hydroxyl groups excluding tert-OH is 1. The summed E-state index contributed by atoms with van der Waals surface area (Å²) in [5, 5.41) is 35.2. The van der Waals surface area contributed by atoms with Crippen LogP contribution in [0.2, 0.25) is 0 Å². The number of nitrogens with one attached hydrogen (secondary N) is 3. The van der Waals surface area contributed by atoms with Gasteiger partial charge in [-0.05, 0) is 47.2 Å². The van der Waals surface area contributed by atoms with Crippen LogP contribution >= 0.6 is 11.3 Å². The van der Waals surface area contributed by atoms with Gasteiger partial charge in [-0.15, -0.1) is 11.3 Å². The predicted octanol–water partition coefficient (Wildman–Crippen LogP) is 5.38. The van der Waals surface area contributed by atoms with E-state index in [1.54, 1.807) is 42.7 Å². The van der Waals surface area contributed by atoms with Crippen LogP contribution in [0.5, 0.6) is 5.75 Å². The van der Waals surface area contributed by atoms with Gasteiger partial charge in [-0.3, -0.25) is 14.4 Å². The van der Waals surface area contributed by atoms with Crippen molar-refractivity contribution in [3.05, 3.63) is 88.4 Å². The molecule has 304 valence electrons. The van der Waals surface area contributed by atoms with Gasteiger partial charge in [0, 0.05) is 34.8 Å². The Morgan fingerprint density at radius 2 is 1.37 bits per heavy atom. The molecule has 4 aromatic rings. The number of ether oxygens (including phenoxy) is 1. The minimum absolute atomic E-state index is 0.0438. The van der Waals surface area contributed by atoms with Crippen LogP contribution in [0, 0.1) is 0 Å². The Hall–Kier alpha value is -5.67. The maximum Gasteiger partial charge on any atom is 0.328 e. The second-order valence-corrected chi connectivity index (χ2v) is 15.8. The molecule has 0 fully saturated rings. The van der Waals surface area contributed by atoms with Gasteiger partial charge >= 0.3 is 11.9 Å². The molecule has 57 heavy (non-hydrogen) atoms. The Labute approximate surface area is 336 Å². The molecule has 6 N–H and O–H groups in total. The van der Waals surface area contributed by atoms with Crippen LogP contribution < -0.4 is 20.7 Å². The molecule has 0 radical (unpaired) electrons. The fraction of sp³-hybridized carbons (Fsp3) is 0.405. The lowest BCUT2D eigenvalue weighted by molar-refractivity contribution is -0.145. The SMILES string of the molecule is CCCCCCCOc1ccc(-c2cnc(-c3ccc(CC(NC(=O)c4ccc(C(C)(C)C)s4)C(=O)NC(CC(=O)NC(CO)C(=O)O)C(=O)O)cc3)nc2)cc1. The molecule has 4 rings (SSSR count). The molecular weight excluding hydrogens is 751 g/mol. The molecule has 0 saturated heterocycles. The van der Waals surface area contributed by atoms with Crippen LogP contribution in [0.4, 0.5) is 0 Å². The number of carbonyl (C=O) groups is 5. The number of unbranched alkanes of at least 4 members (excludes halogenated alkanes) is 4. The first-order valence-electron chi connectivity index (χ1n) is 18.9. The highest BCUT2D eigenvalue weighted by atomic mass is 32.1. The highest BCUT2D eigenvalue weighted by Crippen LogP contribution is 2.30. The zero-order chi connectivity index (χ0) is 41.5. The third-order valence-corrected chi connectivity index (χ3v) is 10.5. The highest BCUT2D eigenvalue weighted by molar-refractivity contribution is 7.14. The summed E-state index contributed by atoms with van der Waals surface area (Å²) in [5.41, 5.74) is 2.88. The van der Waals surface area contributed by atoms with E-state index in [2.05, 4.69) is 27.5 Å². The minimum Gasteiger partial charge on any atom is -0.494 e. The summed E-state index contributed by atoms with van der Waals surface area (Å²) in [6.07, 6.45) is 8.47. The second kappa shape index (κ2) is 21.0. The number of carboxylic acids is 2. The van der Waals surface area contributed by atoms with Crippen molar-refractivity contribution in [1.29, 1.82) is 0 Å². The van der Waals surface area contributed by atoms with Gasteiger partial charge in [0.25, 0.3) is 5.91 Å². The standard InChI is InChI=1S/C42H51N5O9S/c1-5-6-7-8-9-20-56-30-16-14-27(15-17-30)29-23-43-37(44-24-29)28-12-10-26(11-13-28)21-31(46-39(51)34-18-19-35(57-34)42(2,3)4)38(50)47-32(40(52)53)22-36(49)45-33(25-48)41(54)55/h10-19,23-24,31-33,48H,5-9,20-22,25H2,1-4H3,(H,45,49)(H,46,51)(H,47,50)(H,52,53)(H,54,55). The van der Waals surface area contributed by atoms with Crippen LogP contribution in [-0.4, -0.2) is 86.3 Å². The van der Waals surface area contributed by atoms with E-state index in [0.29, 0.717) is 28.4 Å². The molecule has 3 atom stereocenters. The summed E-state index contributed by atoms with van der Waals surface area (Å²) in [4.78, 5) is 73.2. The van der Waals surface area contributed by atoms with Crippen molar-refractivity contribution in [2.75, 3.05) is 13.2 Å². The predicted molar refractivity (Wildman–Crippen MR) is 216 cm³/mol. The van der Waals surface area contributed by atoms with Gasteiger partial charge in [-0.2, -0.15) is 0 Å². The molecule has 14 nitrogen and oxygen atoms in total. The Bertz CT molecular complexity index is 1960. The summed E-state index contributed by atoms with van der Waals surface area (Å²) in [7, 11) is 0. The smallest absolute Gasteiger partial charge is 0.328 e. The first-order chi connectivity index (χ1) is 27.2. The number of carboxylic acid groups (broad SMARTS) is 2. The Kier molecular flexibility index (Phi) is 16.2. The monoisotopic (exact) mass is 801 g/mol. The first kappa shape index (κ1) is 44.0. The topological polar surface area (TPSA) is 217 Å². The van der Waals surface area contributed by atoms with Crippen molar-refractivity contribution in [3.63, 3.8) is 0 Å². The lowest BCUT2D eigenvalue weighted by Crippen LogP contribution is -2.54. The lowest BCUT2D eigenvalue weighted by atomic mass is 9.95.